The van der Waals surface area contributed by atoms with Crippen LogP contribution in [0.3, 0.4) is 0 Å². The van der Waals surface area contributed by atoms with E-state index in [1.54, 1.807) is 22.7 Å². The van der Waals surface area contributed by atoms with Crippen LogP contribution in [0.2, 0.25) is 0 Å². The maximum Gasteiger partial charge on any atom is 0.252 e. The summed E-state index contributed by atoms with van der Waals surface area (Å²) in [7, 11) is 0. The molecule has 0 aromatic carbocycles. The molecule has 2 aromatic heterocycles. The first-order valence-electron chi connectivity index (χ1n) is 6.38. The third-order valence-corrected chi connectivity index (χ3v) is 3.14. The van der Waals surface area contributed by atoms with Gasteiger partial charge in [-0.3, -0.25) is 9.20 Å². The molecule has 1 amide bonds. The smallest absolute Gasteiger partial charge is 0.252 e. The topological polar surface area (TPSA) is 79.5 Å². The van der Waals surface area contributed by atoms with Gasteiger partial charge in [-0.25, -0.2) is 0 Å². The fraction of sp³-hybridized carbons (Fsp3) is 0.462. The Hall–Kier alpha value is -1.95. The molecular weight excluding hydrogens is 244 g/mol. The van der Waals surface area contributed by atoms with E-state index in [0.29, 0.717) is 12.0 Å². The Kier molecular flexibility index (Phi) is 4.11. The Morgan fingerprint density at radius 3 is 2.95 bits per heavy atom. The van der Waals surface area contributed by atoms with Crippen LogP contribution in [-0.2, 0) is 0 Å². The highest BCUT2D eigenvalue weighted by molar-refractivity contribution is 5.94. The van der Waals surface area contributed by atoms with Gasteiger partial charge in [-0.05, 0) is 31.9 Å². The minimum Gasteiger partial charge on any atom is -0.396 e. The second kappa shape index (κ2) is 5.79. The van der Waals surface area contributed by atoms with Gasteiger partial charge in [0.05, 0.1) is 5.56 Å². The standard InChI is InChI=1S/C13H18N4O2/c1-3-11(6-7-18)14-13(19)10-4-5-12-16-15-9(2)17(12)8-10/h4-5,8,11,18H,3,6-7H2,1-2H3,(H,14,19). The van der Waals surface area contributed by atoms with Gasteiger partial charge in [-0.2, -0.15) is 0 Å². The predicted octanol–water partition coefficient (Wildman–Crippen LogP) is 0.929. The van der Waals surface area contributed by atoms with E-state index in [-0.39, 0.29) is 18.6 Å². The van der Waals surface area contributed by atoms with Gasteiger partial charge in [0.15, 0.2) is 5.65 Å². The maximum absolute atomic E-state index is 12.1. The summed E-state index contributed by atoms with van der Waals surface area (Å²) in [6.07, 6.45) is 3.09. The van der Waals surface area contributed by atoms with Crippen LogP contribution in [0, 0.1) is 6.92 Å². The molecule has 0 aliphatic carbocycles. The van der Waals surface area contributed by atoms with Crippen molar-refractivity contribution in [3.63, 3.8) is 0 Å². The third kappa shape index (κ3) is 2.90. The average molecular weight is 262 g/mol. The van der Waals surface area contributed by atoms with E-state index in [4.69, 9.17) is 5.11 Å². The number of nitrogens with zero attached hydrogens (tertiary/aromatic N) is 3. The summed E-state index contributed by atoms with van der Waals surface area (Å²) in [4.78, 5) is 12.1. The van der Waals surface area contributed by atoms with Gasteiger partial charge < -0.3 is 10.4 Å². The Morgan fingerprint density at radius 1 is 1.47 bits per heavy atom. The van der Waals surface area contributed by atoms with E-state index in [9.17, 15) is 4.79 Å². The minimum atomic E-state index is -0.143. The van der Waals surface area contributed by atoms with E-state index in [1.807, 2.05) is 13.8 Å². The Bertz CT molecular complexity index is 579. The molecule has 2 N–H and O–H groups in total. The SMILES string of the molecule is CCC(CCO)NC(=O)c1ccc2nnc(C)n2c1. The molecule has 0 bridgehead atoms. The van der Waals surface area contributed by atoms with Crippen molar-refractivity contribution in [2.75, 3.05) is 6.61 Å². The molecule has 2 heterocycles. The number of hydrogen-bond acceptors (Lipinski definition) is 4. The molecule has 0 saturated heterocycles. The maximum atomic E-state index is 12.1. The van der Waals surface area contributed by atoms with Crippen molar-refractivity contribution in [1.29, 1.82) is 0 Å². The van der Waals surface area contributed by atoms with Crippen molar-refractivity contribution in [3.05, 3.63) is 29.7 Å². The van der Waals surface area contributed by atoms with Crippen LogP contribution >= 0.6 is 0 Å². The fourth-order valence-electron chi connectivity index (χ4n) is 1.94. The normalized spacial score (nSPS) is 12.6. The predicted molar refractivity (Wildman–Crippen MR) is 71.0 cm³/mol. The van der Waals surface area contributed by atoms with E-state index in [2.05, 4.69) is 15.5 Å². The summed E-state index contributed by atoms with van der Waals surface area (Å²) in [5, 5.41) is 19.8. The zero-order valence-corrected chi connectivity index (χ0v) is 11.1. The largest absolute Gasteiger partial charge is 0.396 e. The third-order valence-electron chi connectivity index (χ3n) is 3.14. The lowest BCUT2D eigenvalue weighted by atomic mass is 10.1. The van der Waals surface area contributed by atoms with Crippen LogP contribution in [-0.4, -0.2) is 38.3 Å². The number of rotatable bonds is 5. The van der Waals surface area contributed by atoms with Gasteiger partial charge in [0.25, 0.3) is 5.91 Å². The Labute approximate surface area is 111 Å². The molecule has 1 unspecified atom stereocenters. The number of pyridine rings is 1. The highest BCUT2D eigenvalue weighted by Crippen LogP contribution is 2.07. The molecule has 6 heteroatoms. The lowest BCUT2D eigenvalue weighted by Crippen LogP contribution is -2.35. The summed E-state index contributed by atoms with van der Waals surface area (Å²) in [5.41, 5.74) is 1.28. The number of amides is 1. The van der Waals surface area contributed by atoms with Crippen molar-refractivity contribution in [3.8, 4) is 0 Å². The Balaban J connectivity index is 2.18. The summed E-state index contributed by atoms with van der Waals surface area (Å²) < 4.78 is 1.78. The van der Waals surface area contributed by atoms with Crippen molar-refractivity contribution in [2.24, 2.45) is 0 Å². The number of aliphatic hydroxyl groups is 1. The van der Waals surface area contributed by atoms with Crippen LogP contribution < -0.4 is 5.32 Å². The van der Waals surface area contributed by atoms with Gasteiger partial charge in [-0.1, -0.05) is 6.92 Å². The van der Waals surface area contributed by atoms with Crippen molar-refractivity contribution in [1.82, 2.24) is 19.9 Å². The minimum absolute atomic E-state index is 0.00444. The number of fused-ring (bicyclic) bond motifs is 1. The molecule has 0 saturated carbocycles. The number of aliphatic hydroxyl groups excluding tert-OH is 1. The quantitative estimate of drug-likeness (QED) is 0.840. The van der Waals surface area contributed by atoms with Crippen LogP contribution in [0.1, 0.15) is 35.9 Å². The monoisotopic (exact) mass is 262 g/mol. The van der Waals surface area contributed by atoms with E-state index in [1.165, 1.54) is 0 Å². The van der Waals surface area contributed by atoms with Crippen LogP contribution in [0.4, 0.5) is 0 Å². The fourth-order valence-corrected chi connectivity index (χ4v) is 1.94. The summed E-state index contributed by atoms with van der Waals surface area (Å²) in [6.45, 7) is 3.89. The molecule has 0 aliphatic heterocycles. The van der Waals surface area contributed by atoms with Crippen LogP contribution in [0.25, 0.3) is 5.65 Å². The molecule has 102 valence electrons. The Morgan fingerprint density at radius 2 is 2.26 bits per heavy atom. The van der Waals surface area contributed by atoms with Crippen molar-refractivity contribution in [2.45, 2.75) is 32.7 Å². The first-order valence-corrected chi connectivity index (χ1v) is 6.38. The van der Waals surface area contributed by atoms with E-state index < -0.39 is 0 Å². The lowest BCUT2D eigenvalue weighted by Gasteiger charge is -2.15. The number of carbonyl (C=O) groups excluding carboxylic acids is 1. The number of aryl methyl sites for hydroxylation is 1. The number of nitrogens with one attached hydrogen (secondary N) is 1. The zero-order valence-electron chi connectivity index (χ0n) is 11.1. The van der Waals surface area contributed by atoms with Crippen LogP contribution in [0.5, 0.6) is 0 Å². The second-order valence-corrected chi connectivity index (χ2v) is 4.48. The highest BCUT2D eigenvalue weighted by atomic mass is 16.3. The van der Waals surface area contributed by atoms with Gasteiger partial charge in [0.2, 0.25) is 0 Å². The lowest BCUT2D eigenvalue weighted by molar-refractivity contribution is 0.0928. The highest BCUT2D eigenvalue weighted by Gasteiger charge is 2.13. The van der Waals surface area contributed by atoms with E-state index >= 15 is 0 Å². The van der Waals surface area contributed by atoms with Gasteiger partial charge in [-0.15, -0.1) is 10.2 Å². The molecule has 6 nitrogen and oxygen atoms in total. The molecule has 0 radical (unpaired) electrons. The van der Waals surface area contributed by atoms with Gasteiger partial charge in [0, 0.05) is 18.8 Å². The number of carbonyl (C=O) groups is 1. The molecule has 0 spiro atoms. The first kappa shape index (κ1) is 13.5. The van der Waals surface area contributed by atoms with Gasteiger partial charge in [0.1, 0.15) is 5.82 Å². The number of hydrogen-bond donors (Lipinski definition) is 2. The molecule has 19 heavy (non-hydrogen) atoms. The van der Waals surface area contributed by atoms with Crippen molar-refractivity contribution >= 4 is 11.6 Å². The summed E-state index contributed by atoms with van der Waals surface area (Å²) >= 11 is 0. The van der Waals surface area contributed by atoms with Crippen molar-refractivity contribution < 1.29 is 9.90 Å². The molecular formula is C13H18N4O2. The van der Waals surface area contributed by atoms with E-state index in [0.717, 1.165) is 17.9 Å². The van der Waals surface area contributed by atoms with Gasteiger partial charge >= 0.3 is 0 Å². The molecule has 2 aromatic rings. The average Bonchev–Trinajstić information content (AvgIpc) is 2.79. The molecule has 0 aliphatic rings. The second-order valence-electron chi connectivity index (χ2n) is 4.48. The zero-order chi connectivity index (χ0) is 13.8. The van der Waals surface area contributed by atoms with Crippen LogP contribution in [0.15, 0.2) is 18.3 Å². The number of aromatic nitrogens is 3. The summed E-state index contributed by atoms with van der Waals surface area (Å²) in [5.74, 6) is 0.599. The molecule has 1 atom stereocenters. The first-order chi connectivity index (χ1) is 9.15. The molecule has 0 fully saturated rings. The molecule has 2 rings (SSSR count). The summed E-state index contributed by atoms with van der Waals surface area (Å²) in [6, 6.07) is 3.49.